The third-order valence-corrected chi connectivity index (χ3v) is 28.9. The molecule has 3 heterocycles. The van der Waals surface area contributed by atoms with Crippen LogP contribution in [-0.4, -0.2) is 77.4 Å². The maximum absolute atomic E-state index is 13.5. The number of hydrogen-bond acceptors (Lipinski definition) is 8. The number of fused-ring (bicyclic) bond motifs is 1. The zero-order chi connectivity index (χ0) is 32.0. The lowest BCUT2D eigenvalue weighted by molar-refractivity contribution is -0.0737. The van der Waals surface area contributed by atoms with Gasteiger partial charge in [0, 0.05) is 0 Å². The monoisotopic (exact) mass is 625 g/mol. The van der Waals surface area contributed by atoms with Crippen molar-refractivity contribution < 1.29 is 19.4 Å². The Labute approximate surface area is 248 Å². The fourth-order valence-electron chi connectivity index (χ4n) is 5.64. The summed E-state index contributed by atoms with van der Waals surface area (Å²) in [5.74, 6) is -0.0596. The van der Waals surface area contributed by atoms with E-state index in [1.165, 1.54) is 6.33 Å². The zero-order valence-electron chi connectivity index (χ0n) is 28.0. The number of nitrogen functional groups attached to an aromatic ring is 1. The van der Waals surface area contributed by atoms with Gasteiger partial charge in [0.25, 0.3) is 5.56 Å². The van der Waals surface area contributed by atoms with Crippen molar-refractivity contribution >= 4 is 41.6 Å². The van der Waals surface area contributed by atoms with Crippen LogP contribution in [0.15, 0.2) is 11.1 Å². The van der Waals surface area contributed by atoms with Crippen LogP contribution in [0.3, 0.4) is 0 Å². The van der Waals surface area contributed by atoms with Gasteiger partial charge in [-0.1, -0.05) is 88.5 Å². The summed E-state index contributed by atoms with van der Waals surface area (Å²) in [6, 6.07) is 0. The highest BCUT2D eigenvalue weighted by Crippen LogP contribution is 2.63. The highest BCUT2D eigenvalue weighted by molar-refractivity contribution is 6.89. The minimum absolute atomic E-state index is 0.0567. The van der Waals surface area contributed by atoms with E-state index in [0.717, 1.165) is 0 Å². The van der Waals surface area contributed by atoms with Crippen molar-refractivity contribution in [1.29, 1.82) is 0 Å². The highest BCUT2D eigenvalue weighted by atomic mass is 28.4. The first-order valence-corrected chi connectivity index (χ1v) is 23.5. The molecule has 0 aromatic carbocycles. The summed E-state index contributed by atoms with van der Waals surface area (Å²) in [6.07, 6.45) is -0.439. The molecule has 0 spiro atoms. The first-order chi connectivity index (χ1) is 18.1. The van der Waals surface area contributed by atoms with Crippen LogP contribution in [0, 0.1) is 0 Å². The van der Waals surface area contributed by atoms with Crippen molar-refractivity contribution in [2.75, 3.05) is 12.3 Å². The molecule has 0 radical (unpaired) electrons. The Kier molecular flexibility index (Phi) is 8.18. The zero-order valence-corrected chi connectivity index (χ0v) is 31.0. The predicted molar refractivity (Wildman–Crippen MR) is 174 cm³/mol. The van der Waals surface area contributed by atoms with E-state index < -0.39 is 52.8 Å². The number of anilines is 1. The molecule has 0 amide bonds. The topological polar surface area (TPSA) is 149 Å². The maximum atomic E-state index is 13.5. The van der Waals surface area contributed by atoms with Gasteiger partial charge in [-0.25, -0.2) is 4.98 Å². The number of nitrogens with one attached hydrogen (secondary N) is 1. The summed E-state index contributed by atoms with van der Waals surface area (Å²) in [5.41, 5.74) is 5.78. The second kappa shape index (κ2) is 9.83. The van der Waals surface area contributed by atoms with E-state index in [1.807, 2.05) is 0 Å². The number of aromatic nitrogens is 4. The summed E-state index contributed by atoms with van der Waals surface area (Å²) in [5, 5.41) is 22.9. The molecule has 2 aromatic rings. The molecule has 1 fully saturated rings. The first-order valence-electron chi connectivity index (χ1n) is 14.6. The fourth-order valence-corrected chi connectivity index (χ4v) is 14.8. The summed E-state index contributed by atoms with van der Waals surface area (Å²) >= 11 is 0. The van der Waals surface area contributed by atoms with Crippen LogP contribution in [0.1, 0.15) is 68.5 Å². The molecule has 5 N–H and O–H groups in total. The van der Waals surface area contributed by atoms with Gasteiger partial charge in [-0.15, -0.1) is 0 Å². The smallest absolute Gasteiger partial charge is 0.280 e. The van der Waals surface area contributed by atoms with Crippen LogP contribution in [0.5, 0.6) is 0 Å². The van der Waals surface area contributed by atoms with Crippen molar-refractivity contribution in [1.82, 2.24) is 19.5 Å². The Bertz CT molecular complexity index is 1350. The second-order valence-electron chi connectivity index (χ2n) is 16.6. The largest absolute Gasteiger partial charge is 0.414 e. The lowest BCUT2D eigenvalue weighted by atomic mass is 10.1. The molecule has 0 bridgehead atoms. The molecule has 41 heavy (non-hydrogen) atoms. The van der Waals surface area contributed by atoms with Crippen molar-refractivity contribution in [3.05, 3.63) is 16.7 Å². The number of imidazole rings is 1. The molecule has 1 aliphatic rings. The van der Waals surface area contributed by atoms with Gasteiger partial charge in [0.1, 0.15) is 16.6 Å². The normalized spacial score (nSPS) is 27.1. The third-order valence-electron chi connectivity index (χ3n) is 11.5. The quantitative estimate of drug-likeness (QED) is 0.321. The number of hydrogen-bond donors (Lipinski definition) is 4. The Hall–Kier alpha value is -1.36. The van der Waals surface area contributed by atoms with Crippen molar-refractivity contribution in [2.45, 2.75) is 139 Å². The SMILES string of the molecule is CC(C)(C)[Si](C)(C)OC[C@H]1O[C@@H](n2cnc3c(=O)[nH]c(N)nc32)[C@@](O)([Si](C)(C)C(C)(C)C)[C@@]1(O)[Si](C)(C)C(C)(C)C. The van der Waals surface area contributed by atoms with E-state index in [-0.39, 0.29) is 38.8 Å². The van der Waals surface area contributed by atoms with Crippen molar-refractivity contribution in [3.8, 4) is 0 Å². The van der Waals surface area contributed by atoms with Gasteiger partial charge in [0.2, 0.25) is 5.95 Å². The lowest BCUT2D eigenvalue weighted by Gasteiger charge is -2.61. The van der Waals surface area contributed by atoms with Gasteiger partial charge in [-0.2, -0.15) is 4.98 Å². The Balaban J connectivity index is 2.43. The van der Waals surface area contributed by atoms with E-state index >= 15 is 0 Å². The minimum atomic E-state index is -2.93. The fraction of sp³-hybridized carbons (Fsp3) is 0.821. The van der Waals surface area contributed by atoms with Gasteiger partial charge in [0.05, 0.1) is 29.1 Å². The van der Waals surface area contributed by atoms with Gasteiger partial charge in [-0.05, 0) is 28.2 Å². The third kappa shape index (κ3) is 4.83. The Morgan fingerprint density at radius 1 is 0.951 bits per heavy atom. The predicted octanol–water partition coefficient (Wildman–Crippen LogP) is 5.18. The molecule has 1 aliphatic heterocycles. The van der Waals surface area contributed by atoms with Crippen molar-refractivity contribution in [3.63, 3.8) is 0 Å². The minimum Gasteiger partial charge on any atom is -0.414 e. The summed E-state index contributed by atoms with van der Waals surface area (Å²) in [4.78, 5) is 24.0. The maximum Gasteiger partial charge on any atom is 0.280 e. The van der Waals surface area contributed by atoms with Gasteiger partial charge >= 0.3 is 0 Å². The number of rotatable bonds is 6. The highest BCUT2D eigenvalue weighted by Gasteiger charge is 2.79. The van der Waals surface area contributed by atoms with Crippen LogP contribution in [0.4, 0.5) is 5.95 Å². The summed E-state index contributed by atoms with van der Waals surface area (Å²) < 4.78 is 15.2. The summed E-state index contributed by atoms with van der Waals surface area (Å²) in [6.45, 7) is 32.3. The van der Waals surface area contributed by atoms with E-state index in [4.69, 9.17) is 14.9 Å². The van der Waals surface area contributed by atoms with Gasteiger partial charge in [0.15, 0.2) is 25.7 Å². The van der Waals surface area contributed by atoms with Crippen LogP contribution >= 0.6 is 0 Å². The molecule has 234 valence electrons. The summed E-state index contributed by atoms with van der Waals surface area (Å²) in [7, 11) is -8.05. The van der Waals surface area contributed by atoms with E-state index in [9.17, 15) is 15.0 Å². The molecule has 0 aliphatic carbocycles. The van der Waals surface area contributed by atoms with E-state index in [0.29, 0.717) is 0 Å². The van der Waals surface area contributed by atoms with Crippen LogP contribution < -0.4 is 11.3 Å². The lowest BCUT2D eigenvalue weighted by Crippen LogP contribution is -2.82. The average molecular weight is 626 g/mol. The number of aromatic amines is 1. The molecule has 0 saturated carbocycles. The molecule has 10 nitrogen and oxygen atoms in total. The molecule has 0 unspecified atom stereocenters. The van der Waals surface area contributed by atoms with Gasteiger partial charge in [-0.3, -0.25) is 14.3 Å². The van der Waals surface area contributed by atoms with Gasteiger partial charge < -0.3 is 25.1 Å². The standard InChI is InChI=1S/C28H55N5O5Si3/c1-24(2,3)39(10,11)27(35)18(16-37-41(14,15)26(7,8)9)38-22(28(27,36)40(12,13)25(4,5)6)33-17-30-19-20(33)31-23(29)32-21(19)34/h17-18,22,35-36H,16H2,1-15H3,(H3,29,31,32,34)/t18-,22-,27+,28-/m1/s1. The van der Waals surface area contributed by atoms with Crippen LogP contribution in [0.25, 0.3) is 11.2 Å². The Morgan fingerprint density at radius 3 is 1.90 bits per heavy atom. The number of aliphatic hydroxyl groups is 2. The number of ether oxygens (including phenoxy) is 1. The first kappa shape index (κ1) is 34.1. The van der Waals surface area contributed by atoms with Crippen LogP contribution in [-0.2, 0) is 9.16 Å². The van der Waals surface area contributed by atoms with Crippen molar-refractivity contribution in [2.24, 2.45) is 0 Å². The number of nitrogens with two attached hydrogens (primary N) is 1. The molecule has 3 rings (SSSR count). The Morgan fingerprint density at radius 2 is 1.44 bits per heavy atom. The average Bonchev–Trinajstić information content (AvgIpc) is 3.28. The molecule has 2 aromatic heterocycles. The number of nitrogens with zero attached hydrogens (tertiary/aromatic N) is 3. The molecule has 1 saturated heterocycles. The molecular weight excluding hydrogens is 571 g/mol. The number of H-pyrrole nitrogens is 1. The molecule has 4 atom stereocenters. The second-order valence-corrected chi connectivity index (χ2v) is 32.4. The van der Waals surface area contributed by atoms with E-state index in [1.54, 1.807) is 4.57 Å². The van der Waals surface area contributed by atoms with Crippen LogP contribution in [0.2, 0.25) is 54.4 Å². The molecule has 13 heteroatoms. The molecular formula is C28H55N5O5Si3. The van der Waals surface area contributed by atoms with E-state index in [2.05, 4.69) is 117 Å².